The Kier molecular flexibility index (Phi) is 6.08. The number of hydrogen-bond donors (Lipinski definition) is 2. The van der Waals surface area contributed by atoms with Gasteiger partial charge >= 0.3 is 5.97 Å². The molecule has 1 aliphatic heterocycles. The van der Waals surface area contributed by atoms with Crippen LogP contribution < -0.4 is 10.5 Å². The SMILES string of the molecule is NC(Cc1ccc(OCc2ccccc2)cc1)C(=O)N1CCCC1C(=O)O. The molecular formula is C21H24N2O4. The summed E-state index contributed by atoms with van der Waals surface area (Å²) in [4.78, 5) is 25.1. The van der Waals surface area contributed by atoms with Gasteiger partial charge in [0, 0.05) is 6.54 Å². The van der Waals surface area contributed by atoms with Crippen LogP contribution >= 0.6 is 0 Å². The molecule has 2 aromatic rings. The lowest BCUT2D eigenvalue weighted by Gasteiger charge is -2.24. The van der Waals surface area contributed by atoms with Crippen molar-refractivity contribution in [1.29, 1.82) is 0 Å². The Morgan fingerprint density at radius 2 is 1.81 bits per heavy atom. The highest BCUT2D eigenvalue weighted by molar-refractivity contribution is 5.87. The molecule has 0 saturated carbocycles. The number of nitrogens with two attached hydrogens (primary N) is 1. The van der Waals surface area contributed by atoms with Gasteiger partial charge in [-0.3, -0.25) is 4.79 Å². The van der Waals surface area contributed by atoms with Crippen LogP contribution in [-0.2, 0) is 22.6 Å². The summed E-state index contributed by atoms with van der Waals surface area (Å²) in [6.07, 6.45) is 1.55. The van der Waals surface area contributed by atoms with Crippen LogP contribution in [-0.4, -0.2) is 40.5 Å². The summed E-state index contributed by atoms with van der Waals surface area (Å²) in [6, 6.07) is 15.9. The number of carboxylic acids is 1. The van der Waals surface area contributed by atoms with E-state index in [1.54, 1.807) is 0 Å². The number of carbonyl (C=O) groups excluding carboxylic acids is 1. The summed E-state index contributed by atoms with van der Waals surface area (Å²) < 4.78 is 5.75. The number of hydrogen-bond acceptors (Lipinski definition) is 4. The zero-order valence-corrected chi connectivity index (χ0v) is 15.1. The van der Waals surface area contributed by atoms with Crippen molar-refractivity contribution in [2.24, 2.45) is 5.73 Å². The highest BCUT2D eigenvalue weighted by Gasteiger charge is 2.35. The van der Waals surface area contributed by atoms with E-state index in [0.717, 1.165) is 16.9 Å². The van der Waals surface area contributed by atoms with Crippen LogP contribution in [0.2, 0.25) is 0 Å². The smallest absolute Gasteiger partial charge is 0.326 e. The molecule has 2 unspecified atom stereocenters. The van der Waals surface area contributed by atoms with Gasteiger partial charge in [-0.25, -0.2) is 4.79 Å². The average Bonchev–Trinajstić information content (AvgIpc) is 3.18. The minimum atomic E-state index is -0.965. The maximum Gasteiger partial charge on any atom is 0.326 e. The predicted molar refractivity (Wildman–Crippen MR) is 101 cm³/mol. The Morgan fingerprint density at radius 1 is 1.11 bits per heavy atom. The van der Waals surface area contributed by atoms with Gasteiger partial charge in [-0.2, -0.15) is 0 Å². The third kappa shape index (κ3) is 4.86. The molecule has 6 nitrogen and oxygen atoms in total. The van der Waals surface area contributed by atoms with Crippen molar-refractivity contribution in [3.05, 3.63) is 65.7 Å². The molecule has 2 aromatic carbocycles. The first-order valence-corrected chi connectivity index (χ1v) is 9.09. The first kappa shape index (κ1) is 18.9. The van der Waals surface area contributed by atoms with Gasteiger partial charge in [0.05, 0.1) is 6.04 Å². The topological polar surface area (TPSA) is 92.9 Å². The van der Waals surface area contributed by atoms with Crippen molar-refractivity contribution in [3.8, 4) is 5.75 Å². The van der Waals surface area contributed by atoms with E-state index in [2.05, 4.69) is 0 Å². The van der Waals surface area contributed by atoms with Crippen molar-refractivity contribution >= 4 is 11.9 Å². The minimum Gasteiger partial charge on any atom is -0.489 e. The number of nitrogens with zero attached hydrogens (tertiary/aromatic N) is 1. The third-order valence-electron chi connectivity index (χ3n) is 4.77. The Hall–Kier alpha value is -2.86. The molecule has 0 aliphatic carbocycles. The monoisotopic (exact) mass is 368 g/mol. The van der Waals surface area contributed by atoms with Gasteiger partial charge in [-0.1, -0.05) is 42.5 Å². The lowest BCUT2D eigenvalue weighted by atomic mass is 10.0. The van der Waals surface area contributed by atoms with Crippen LogP contribution in [0.3, 0.4) is 0 Å². The maximum absolute atomic E-state index is 12.5. The summed E-state index contributed by atoms with van der Waals surface area (Å²) in [7, 11) is 0. The highest BCUT2D eigenvalue weighted by atomic mass is 16.5. The third-order valence-corrected chi connectivity index (χ3v) is 4.77. The van der Waals surface area contributed by atoms with Crippen molar-refractivity contribution in [2.75, 3.05) is 6.54 Å². The van der Waals surface area contributed by atoms with Crippen LogP contribution in [0.5, 0.6) is 5.75 Å². The zero-order chi connectivity index (χ0) is 19.2. The van der Waals surface area contributed by atoms with E-state index in [1.165, 1.54) is 4.90 Å². The molecule has 2 atom stereocenters. The maximum atomic E-state index is 12.5. The number of carbonyl (C=O) groups is 2. The number of rotatable bonds is 7. The van der Waals surface area contributed by atoms with Crippen molar-refractivity contribution in [2.45, 2.75) is 38.0 Å². The molecule has 1 amide bonds. The van der Waals surface area contributed by atoms with E-state index < -0.39 is 18.1 Å². The fourth-order valence-electron chi connectivity index (χ4n) is 3.30. The Balaban J connectivity index is 1.54. The van der Waals surface area contributed by atoms with Gasteiger partial charge in [0.2, 0.25) is 5.91 Å². The van der Waals surface area contributed by atoms with E-state index >= 15 is 0 Å². The second-order valence-electron chi connectivity index (χ2n) is 6.76. The van der Waals surface area contributed by atoms with Gasteiger partial charge in [0.25, 0.3) is 0 Å². The predicted octanol–water partition coefficient (Wildman–Crippen LogP) is 2.21. The van der Waals surface area contributed by atoms with Crippen molar-refractivity contribution in [3.63, 3.8) is 0 Å². The number of carboxylic acid groups (broad SMARTS) is 1. The number of amides is 1. The molecule has 0 spiro atoms. The van der Waals surface area contributed by atoms with Crippen molar-refractivity contribution < 1.29 is 19.4 Å². The molecular weight excluding hydrogens is 344 g/mol. The van der Waals surface area contributed by atoms with Crippen molar-refractivity contribution in [1.82, 2.24) is 4.90 Å². The lowest BCUT2D eigenvalue weighted by Crippen LogP contribution is -2.49. The lowest BCUT2D eigenvalue weighted by molar-refractivity contribution is -0.148. The molecule has 1 fully saturated rings. The molecule has 1 aliphatic rings. The molecule has 6 heteroatoms. The van der Waals surface area contributed by atoms with E-state index in [-0.39, 0.29) is 5.91 Å². The summed E-state index contributed by atoms with van der Waals surface area (Å²) in [5, 5.41) is 9.22. The Bertz CT molecular complexity index is 777. The van der Waals surface area contributed by atoms with Crippen LogP contribution in [0.25, 0.3) is 0 Å². The van der Waals surface area contributed by atoms with E-state index in [1.807, 2.05) is 54.6 Å². The van der Waals surface area contributed by atoms with E-state index in [4.69, 9.17) is 10.5 Å². The van der Waals surface area contributed by atoms with Gasteiger partial charge in [0.1, 0.15) is 18.4 Å². The molecule has 0 aromatic heterocycles. The summed E-state index contributed by atoms with van der Waals surface area (Å²) >= 11 is 0. The highest BCUT2D eigenvalue weighted by Crippen LogP contribution is 2.20. The fourth-order valence-corrected chi connectivity index (χ4v) is 3.30. The van der Waals surface area contributed by atoms with Crippen LogP contribution in [0.4, 0.5) is 0 Å². The second kappa shape index (κ2) is 8.68. The van der Waals surface area contributed by atoms with Gasteiger partial charge in [0.15, 0.2) is 0 Å². The number of benzene rings is 2. The first-order valence-electron chi connectivity index (χ1n) is 9.09. The summed E-state index contributed by atoms with van der Waals surface area (Å²) in [5.74, 6) is -0.523. The number of ether oxygens (including phenoxy) is 1. The minimum absolute atomic E-state index is 0.302. The standard InChI is InChI=1S/C21H24N2O4/c22-18(20(24)23-12-4-7-19(23)21(25)26)13-15-8-10-17(11-9-15)27-14-16-5-2-1-3-6-16/h1-3,5-6,8-11,18-19H,4,7,12-14,22H2,(H,25,26). The zero-order valence-electron chi connectivity index (χ0n) is 15.1. The summed E-state index contributed by atoms with van der Waals surface area (Å²) in [5.41, 5.74) is 8.05. The van der Waals surface area contributed by atoms with Crippen LogP contribution in [0.1, 0.15) is 24.0 Å². The van der Waals surface area contributed by atoms with Crippen LogP contribution in [0, 0.1) is 0 Å². The van der Waals surface area contributed by atoms with Crippen LogP contribution in [0.15, 0.2) is 54.6 Å². The number of aliphatic carboxylic acids is 1. The molecule has 3 N–H and O–H groups in total. The second-order valence-corrected chi connectivity index (χ2v) is 6.76. The van der Waals surface area contributed by atoms with Gasteiger partial charge in [-0.05, 0) is 42.5 Å². The molecule has 3 rings (SSSR count). The average molecular weight is 368 g/mol. The first-order chi connectivity index (χ1) is 13.0. The Morgan fingerprint density at radius 3 is 2.48 bits per heavy atom. The van der Waals surface area contributed by atoms with Gasteiger partial charge in [-0.15, -0.1) is 0 Å². The normalized spacial score (nSPS) is 17.5. The fraction of sp³-hybridized carbons (Fsp3) is 0.333. The quantitative estimate of drug-likeness (QED) is 0.782. The molecule has 0 bridgehead atoms. The molecule has 142 valence electrons. The Labute approximate surface area is 158 Å². The molecule has 27 heavy (non-hydrogen) atoms. The summed E-state index contributed by atoms with van der Waals surface area (Å²) in [6.45, 7) is 0.944. The van der Waals surface area contributed by atoms with Gasteiger partial charge < -0.3 is 20.5 Å². The number of likely N-dealkylation sites (tertiary alicyclic amines) is 1. The van der Waals surface area contributed by atoms with E-state index in [9.17, 15) is 14.7 Å². The molecule has 1 heterocycles. The largest absolute Gasteiger partial charge is 0.489 e. The van der Waals surface area contributed by atoms with E-state index in [0.29, 0.717) is 32.4 Å². The molecule has 0 radical (unpaired) electrons. The molecule has 1 saturated heterocycles.